The average molecular weight is 638 g/mol. The van der Waals surface area contributed by atoms with Gasteiger partial charge in [-0.05, 0) is 38.1 Å². The summed E-state index contributed by atoms with van der Waals surface area (Å²) in [5.41, 5.74) is -4.04. The molecule has 1 N–H and O–H groups in total. The fraction of sp³-hybridized carbons (Fsp3) is 0.654. The Bertz CT molecular complexity index is 1260. The SMILES string of the molecule is CC(/C=N/OCCC1CCN(c2ncc(C(F)(F)F)cn2)CC1)Nc1cnn(COCC[Si](C)(C)C)c(=O)c1C(F)(F)F. The summed E-state index contributed by atoms with van der Waals surface area (Å²) in [5.74, 6) is 0.545. The molecule has 3 heterocycles. The fourth-order valence-corrected chi connectivity index (χ4v) is 4.99. The molecule has 0 spiro atoms. The summed E-state index contributed by atoms with van der Waals surface area (Å²) < 4.78 is 85.5. The number of nitrogens with one attached hydrogen (secondary N) is 1. The van der Waals surface area contributed by atoms with Gasteiger partial charge in [-0.1, -0.05) is 24.8 Å². The maximum atomic E-state index is 13.8. The highest BCUT2D eigenvalue weighted by atomic mass is 28.3. The lowest BCUT2D eigenvalue weighted by atomic mass is 9.94. The predicted molar refractivity (Wildman–Crippen MR) is 152 cm³/mol. The number of anilines is 2. The van der Waals surface area contributed by atoms with Crippen LogP contribution in [-0.4, -0.2) is 66.4 Å². The Morgan fingerprint density at radius 3 is 2.30 bits per heavy atom. The van der Waals surface area contributed by atoms with E-state index >= 15 is 0 Å². The molecule has 0 aromatic carbocycles. The van der Waals surface area contributed by atoms with Gasteiger partial charge < -0.3 is 19.8 Å². The average Bonchev–Trinajstić information content (AvgIpc) is 2.90. The molecular formula is C26H37F6N7O3Si. The molecule has 1 fully saturated rings. The number of hydrogen-bond acceptors (Lipinski definition) is 9. The first-order valence-corrected chi connectivity index (χ1v) is 17.6. The zero-order valence-electron chi connectivity index (χ0n) is 24.5. The lowest BCUT2D eigenvalue weighted by molar-refractivity contribution is -0.139. The number of hydrogen-bond donors (Lipinski definition) is 1. The summed E-state index contributed by atoms with van der Waals surface area (Å²) >= 11 is 0. The molecule has 1 aliphatic rings. The number of rotatable bonds is 13. The van der Waals surface area contributed by atoms with E-state index in [0.29, 0.717) is 36.7 Å². The number of halogens is 6. The molecule has 2 aromatic rings. The van der Waals surface area contributed by atoms with Gasteiger partial charge in [-0.15, -0.1) is 0 Å². The van der Waals surface area contributed by atoms with Gasteiger partial charge in [0, 0.05) is 40.2 Å². The minimum atomic E-state index is -4.91. The number of oxime groups is 1. The van der Waals surface area contributed by atoms with Gasteiger partial charge in [0.1, 0.15) is 18.9 Å². The molecule has 1 atom stereocenters. The van der Waals surface area contributed by atoms with Crippen molar-refractivity contribution in [2.75, 3.05) is 36.5 Å². The molecule has 17 heteroatoms. The third kappa shape index (κ3) is 10.8. The maximum Gasteiger partial charge on any atom is 0.423 e. The summed E-state index contributed by atoms with van der Waals surface area (Å²) in [6, 6.07) is 0.0885. The monoisotopic (exact) mass is 637 g/mol. The first-order chi connectivity index (χ1) is 20.0. The number of alkyl halides is 6. The van der Waals surface area contributed by atoms with E-state index in [1.807, 2.05) is 4.90 Å². The van der Waals surface area contributed by atoms with Gasteiger partial charge in [-0.2, -0.15) is 31.4 Å². The van der Waals surface area contributed by atoms with Crippen molar-refractivity contribution in [2.24, 2.45) is 11.1 Å². The highest BCUT2D eigenvalue weighted by molar-refractivity contribution is 6.76. The van der Waals surface area contributed by atoms with Crippen molar-refractivity contribution >= 4 is 25.9 Å². The minimum Gasteiger partial charge on any atom is -0.396 e. The van der Waals surface area contributed by atoms with Gasteiger partial charge in [0.2, 0.25) is 5.95 Å². The molecule has 240 valence electrons. The summed E-state index contributed by atoms with van der Waals surface area (Å²) in [7, 11) is -1.40. The molecule has 1 aliphatic heterocycles. The van der Waals surface area contributed by atoms with Crippen LogP contribution in [0.4, 0.5) is 38.0 Å². The molecule has 10 nitrogen and oxygen atoms in total. The Morgan fingerprint density at radius 1 is 1.07 bits per heavy atom. The van der Waals surface area contributed by atoms with Crippen LogP contribution in [0.2, 0.25) is 25.7 Å². The van der Waals surface area contributed by atoms with E-state index in [1.54, 1.807) is 6.92 Å². The van der Waals surface area contributed by atoms with Crippen molar-refractivity contribution in [3.05, 3.63) is 40.1 Å². The third-order valence-electron chi connectivity index (χ3n) is 6.76. The first-order valence-electron chi connectivity index (χ1n) is 13.9. The van der Waals surface area contributed by atoms with E-state index in [1.165, 1.54) is 6.21 Å². The lowest BCUT2D eigenvalue weighted by Gasteiger charge is -2.31. The van der Waals surface area contributed by atoms with Gasteiger partial charge in [-0.25, -0.2) is 14.6 Å². The van der Waals surface area contributed by atoms with Crippen LogP contribution in [0.5, 0.6) is 0 Å². The van der Waals surface area contributed by atoms with Crippen LogP contribution in [0.1, 0.15) is 37.3 Å². The molecule has 1 unspecified atom stereocenters. The van der Waals surface area contributed by atoms with E-state index in [4.69, 9.17) is 9.57 Å². The predicted octanol–water partition coefficient (Wildman–Crippen LogP) is 5.49. The van der Waals surface area contributed by atoms with E-state index in [0.717, 1.165) is 37.5 Å². The van der Waals surface area contributed by atoms with Crippen molar-refractivity contribution < 1.29 is 35.9 Å². The maximum absolute atomic E-state index is 13.8. The van der Waals surface area contributed by atoms with E-state index in [9.17, 15) is 31.1 Å². The van der Waals surface area contributed by atoms with Crippen LogP contribution in [0.3, 0.4) is 0 Å². The largest absolute Gasteiger partial charge is 0.423 e. The molecule has 3 rings (SSSR count). The Hall–Kier alpha value is -3.21. The molecule has 0 radical (unpaired) electrons. The Morgan fingerprint density at radius 2 is 1.72 bits per heavy atom. The number of aromatic nitrogens is 4. The van der Waals surface area contributed by atoms with Gasteiger partial charge >= 0.3 is 12.4 Å². The molecule has 0 bridgehead atoms. The van der Waals surface area contributed by atoms with Crippen LogP contribution in [0, 0.1) is 5.92 Å². The second-order valence-electron chi connectivity index (χ2n) is 11.6. The molecule has 0 amide bonds. The zero-order valence-corrected chi connectivity index (χ0v) is 25.5. The van der Waals surface area contributed by atoms with Gasteiger partial charge in [0.05, 0.1) is 29.7 Å². The van der Waals surface area contributed by atoms with Crippen LogP contribution in [0.25, 0.3) is 0 Å². The highest BCUT2D eigenvalue weighted by Crippen LogP contribution is 2.32. The molecule has 1 saturated heterocycles. The molecule has 2 aromatic heterocycles. The second kappa shape index (κ2) is 14.5. The lowest BCUT2D eigenvalue weighted by Crippen LogP contribution is -2.35. The summed E-state index contributed by atoms with van der Waals surface area (Å²) in [4.78, 5) is 27.3. The quantitative estimate of drug-likeness (QED) is 0.101. The van der Waals surface area contributed by atoms with Crippen LogP contribution < -0.4 is 15.8 Å². The number of ether oxygens (including phenoxy) is 1. The fourth-order valence-electron chi connectivity index (χ4n) is 4.23. The van der Waals surface area contributed by atoms with Crippen molar-refractivity contribution in [3.8, 4) is 0 Å². The molecule has 0 saturated carbocycles. The Labute approximate surface area is 246 Å². The van der Waals surface area contributed by atoms with Crippen LogP contribution in [-0.2, 0) is 28.7 Å². The van der Waals surface area contributed by atoms with Gasteiger partial charge in [0.25, 0.3) is 5.56 Å². The summed E-state index contributed by atoms with van der Waals surface area (Å²) in [5, 5.41) is 10.3. The summed E-state index contributed by atoms with van der Waals surface area (Å²) in [6.45, 7) is 9.35. The van der Waals surface area contributed by atoms with E-state index < -0.39 is 48.8 Å². The van der Waals surface area contributed by atoms with Gasteiger partial charge in [0.15, 0.2) is 0 Å². The normalized spacial score (nSPS) is 16.1. The van der Waals surface area contributed by atoms with Gasteiger partial charge in [-0.3, -0.25) is 4.79 Å². The van der Waals surface area contributed by atoms with Crippen LogP contribution >= 0.6 is 0 Å². The van der Waals surface area contributed by atoms with Crippen molar-refractivity contribution in [1.82, 2.24) is 19.7 Å². The molecular weight excluding hydrogens is 600 g/mol. The minimum absolute atomic E-state index is 0.251. The highest BCUT2D eigenvalue weighted by Gasteiger charge is 2.38. The van der Waals surface area contributed by atoms with Crippen molar-refractivity contribution in [3.63, 3.8) is 0 Å². The van der Waals surface area contributed by atoms with Crippen molar-refractivity contribution in [2.45, 2.75) is 77.0 Å². The van der Waals surface area contributed by atoms with Crippen molar-refractivity contribution in [1.29, 1.82) is 0 Å². The third-order valence-corrected chi connectivity index (χ3v) is 8.46. The molecule has 43 heavy (non-hydrogen) atoms. The number of nitrogens with zero attached hydrogens (tertiary/aromatic N) is 6. The van der Waals surface area contributed by atoms with Crippen LogP contribution in [0.15, 0.2) is 28.5 Å². The standard InChI is InChI=1S/C26H37F6N7O3Si/c1-18(37-21-16-35-39(17-41-11-12-43(2,3)4)23(40)22(21)26(30,31)32)13-36-42-10-7-19-5-8-38(9-6-19)24-33-14-20(15-34-24)25(27,28)29/h13-16,18-19,37H,5-12,17H2,1-4H3/b36-13+. The Balaban J connectivity index is 1.44. The van der Waals surface area contributed by atoms with E-state index in [2.05, 4.69) is 45.2 Å². The zero-order chi connectivity index (χ0) is 31.8. The Kier molecular flexibility index (Phi) is 11.6. The summed E-state index contributed by atoms with van der Waals surface area (Å²) in [6.07, 6.45) is -3.43. The first kappa shape index (κ1) is 34.3. The van der Waals surface area contributed by atoms with E-state index in [-0.39, 0.29) is 19.3 Å². The second-order valence-corrected chi connectivity index (χ2v) is 17.2. The topological polar surface area (TPSA) is 107 Å². The number of piperidine rings is 1. The smallest absolute Gasteiger partial charge is 0.396 e. The molecule has 0 aliphatic carbocycles.